The Kier molecular flexibility index (Phi) is 8.64. The highest BCUT2D eigenvalue weighted by atomic mass is 32.2. The molecule has 0 amide bonds. The molecule has 0 radical (unpaired) electrons. The van der Waals surface area contributed by atoms with Crippen LogP contribution in [-0.2, 0) is 6.42 Å². The van der Waals surface area contributed by atoms with Gasteiger partial charge in [-0.1, -0.05) is 19.9 Å². The molecule has 0 aliphatic heterocycles. The van der Waals surface area contributed by atoms with E-state index in [0.717, 1.165) is 12.4 Å². The van der Waals surface area contributed by atoms with E-state index in [-0.39, 0.29) is 0 Å². The van der Waals surface area contributed by atoms with Crippen molar-refractivity contribution in [3.63, 3.8) is 0 Å². The maximum atomic E-state index is 13.0. The number of ether oxygens (including phenoxy) is 2. The number of benzene rings is 1. The van der Waals surface area contributed by atoms with Crippen LogP contribution >= 0.6 is 11.9 Å². The number of para-hydroxylation sites is 1. The summed E-state index contributed by atoms with van der Waals surface area (Å²) in [5.74, 6) is 3.37. The summed E-state index contributed by atoms with van der Waals surface area (Å²) >= 11 is 1.39. The van der Waals surface area contributed by atoms with Crippen LogP contribution in [0.4, 0.5) is 10.3 Å². The van der Waals surface area contributed by atoms with Crippen LogP contribution in [0, 0.1) is 5.82 Å². The predicted octanol–water partition coefficient (Wildman–Crippen LogP) is 4.80. The van der Waals surface area contributed by atoms with Crippen LogP contribution in [0.25, 0.3) is 17.3 Å². The topological polar surface area (TPSA) is 100 Å². The zero-order valence-corrected chi connectivity index (χ0v) is 19.6. The summed E-state index contributed by atoms with van der Waals surface area (Å²) in [4.78, 5) is 7.93. The Morgan fingerprint density at radius 1 is 1.03 bits per heavy atom. The molecule has 4 aromatic rings. The highest BCUT2D eigenvalue weighted by Crippen LogP contribution is 2.37. The van der Waals surface area contributed by atoms with Crippen molar-refractivity contribution in [1.29, 1.82) is 0 Å². The maximum Gasteiger partial charge on any atom is 0.239 e. The molecule has 0 aliphatic carbocycles. The second-order valence-corrected chi connectivity index (χ2v) is 7.09. The Morgan fingerprint density at radius 3 is 2.33 bits per heavy atom. The number of rotatable bonds is 9. The summed E-state index contributed by atoms with van der Waals surface area (Å²) in [6.07, 6.45) is 4.43. The molecule has 4 rings (SSSR count). The number of anilines is 1. The molecule has 174 valence electrons. The van der Waals surface area contributed by atoms with Gasteiger partial charge in [-0.25, -0.2) is 14.4 Å². The van der Waals surface area contributed by atoms with Crippen LogP contribution in [-0.4, -0.2) is 44.7 Å². The fourth-order valence-corrected chi connectivity index (χ4v) is 3.55. The number of hydrogen-bond acceptors (Lipinski definition) is 9. The van der Waals surface area contributed by atoms with Gasteiger partial charge in [-0.15, -0.1) is 10.2 Å². The Bertz CT molecular complexity index is 1110. The lowest BCUT2D eigenvalue weighted by Crippen LogP contribution is -2.07. The molecule has 3 heterocycles. The number of aromatic nitrogens is 5. The summed E-state index contributed by atoms with van der Waals surface area (Å²) in [5.41, 5.74) is 0.633. The van der Waals surface area contributed by atoms with E-state index < -0.39 is 5.82 Å². The van der Waals surface area contributed by atoms with Crippen molar-refractivity contribution in [3.8, 4) is 28.8 Å². The van der Waals surface area contributed by atoms with E-state index in [9.17, 15) is 4.39 Å². The van der Waals surface area contributed by atoms with Gasteiger partial charge in [-0.3, -0.25) is 9.29 Å². The number of halogens is 1. The van der Waals surface area contributed by atoms with E-state index in [1.54, 1.807) is 37.2 Å². The monoisotopic (exact) mass is 472 g/mol. The van der Waals surface area contributed by atoms with Crippen LogP contribution in [0.15, 0.2) is 53.4 Å². The summed E-state index contributed by atoms with van der Waals surface area (Å²) in [6.45, 7) is 4.00. The first kappa shape index (κ1) is 24.1. The molecule has 0 fully saturated rings. The van der Waals surface area contributed by atoms with Gasteiger partial charge in [0, 0.05) is 12.2 Å². The minimum atomic E-state index is -0.459. The van der Waals surface area contributed by atoms with Crippen molar-refractivity contribution in [3.05, 3.63) is 60.6 Å². The van der Waals surface area contributed by atoms with Crippen molar-refractivity contribution >= 4 is 17.9 Å². The number of nitrogens with zero attached hydrogens (tertiary/aromatic N) is 5. The highest BCUT2D eigenvalue weighted by molar-refractivity contribution is 8.00. The lowest BCUT2D eigenvalue weighted by molar-refractivity contribution is 0.391. The number of nitrogens with one attached hydrogen (secondary N) is 1. The van der Waals surface area contributed by atoms with Crippen molar-refractivity contribution in [1.82, 2.24) is 24.7 Å². The van der Waals surface area contributed by atoms with E-state index in [1.165, 1.54) is 11.9 Å². The van der Waals surface area contributed by atoms with Crippen LogP contribution in [0.5, 0.6) is 11.5 Å². The normalized spacial score (nSPS) is 10.3. The Morgan fingerprint density at radius 2 is 1.73 bits per heavy atom. The van der Waals surface area contributed by atoms with Gasteiger partial charge >= 0.3 is 0 Å². The van der Waals surface area contributed by atoms with Crippen LogP contribution < -0.4 is 14.2 Å². The molecule has 33 heavy (non-hydrogen) atoms. The largest absolute Gasteiger partial charge is 0.494 e. The smallest absolute Gasteiger partial charge is 0.239 e. The molecule has 0 spiro atoms. The summed E-state index contributed by atoms with van der Waals surface area (Å²) in [6, 6.07) is 9.06. The average Bonchev–Trinajstić information content (AvgIpc) is 3.53. The van der Waals surface area contributed by atoms with Crippen LogP contribution in [0.2, 0.25) is 0 Å². The average molecular weight is 473 g/mol. The molecular formula is C22H25FN6O3S. The second kappa shape index (κ2) is 11.9. The van der Waals surface area contributed by atoms with Gasteiger partial charge in [0.05, 0.1) is 32.9 Å². The first-order chi connectivity index (χ1) is 16.2. The standard InChI is InChI=1S/C20H19FN6O3S.C2H6/c1-28-14-5-3-6-15(29-2)18(14)27-19(16-7-4-9-30-16)24-25-20(27)26-31-10-8-17-22-11-13(21)12-23-17;1-2/h3-7,9,11-12H,8,10H2,1-2H3,(H,25,26);1-2H3. The molecule has 1 N–H and O–H groups in total. The summed E-state index contributed by atoms with van der Waals surface area (Å²) < 4.78 is 34.6. The van der Waals surface area contributed by atoms with Crippen molar-refractivity contribution in [2.75, 3.05) is 24.7 Å². The van der Waals surface area contributed by atoms with Gasteiger partial charge < -0.3 is 13.9 Å². The van der Waals surface area contributed by atoms with E-state index in [4.69, 9.17) is 13.9 Å². The maximum absolute atomic E-state index is 13.0. The van der Waals surface area contributed by atoms with Gasteiger partial charge in [0.25, 0.3) is 0 Å². The number of hydrogen-bond donors (Lipinski definition) is 1. The third-order valence-electron chi connectivity index (χ3n) is 4.30. The van der Waals surface area contributed by atoms with E-state index in [0.29, 0.717) is 52.7 Å². The minimum absolute atomic E-state index is 0.458. The Hall–Kier alpha value is -3.60. The molecular weight excluding hydrogens is 447 g/mol. The second-order valence-electron chi connectivity index (χ2n) is 6.19. The van der Waals surface area contributed by atoms with Crippen molar-refractivity contribution in [2.45, 2.75) is 20.3 Å². The van der Waals surface area contributed by atoms with Gasteiger partial charge in [-0.05, 0) is 36.2 Å². The van der Waals surface area contributed by atoms with Crippen molar-refractivity contribution < 1.29 is 18.3 Å². The van der Waals surface area contributed by atoms with Gasteiger partial charge in [0.15, 0.2) is 11.6 Å². The number of methoxy groups -OCH3 is 2. The van der Waals surface area contributed by atoms with Gasteiger partial charge in [0.2, 0.25) is 11.8 Å². The highest BCUT2D eigenvalue weighted by Gasteiger charge is 2.23. The lowest BCUT2D eigenvalue weighted by atomic mass is 10.2. The quantitative estimate of drug-likeness (QED) is 0.272. The predicted molar refractivity (Wildman–Crippen MR) is 125 cm³/mol. The Balaban J connectivity index is 0.00000149. The Labute approximate surface area is 195 Å². The first-order valence-electron chi connectivity index (χ1n) is 10.3. The molecule has 0 saturated carbocycles. The van der Waals surface area contributed by atoms with Gasteiger partial charge in [-0.2, -0.15) is 0 Å². The summed E-state index contributed by atoms with van der Waals surface area (Å²) in [5, 5.41) is 8.58. The lowest BCUT2D eigenvalue weighted by Gasteiger charge is -2.16. The molecule has 1 aromatic carbocycles. The number of furan rings is 1. The molecule has 0 bridgehead atoms. The van der Waals surface area contributed by atoms with E-state index >= 15 is 0 Å². The molecule has 0 saturated heterocycles. The SMILES string of the molecule is CC.COc1cccc(OC)c1-n1c(NSCCc2ncc(F)cn2)nnc1-c1ccco1. The molecule has 0 aliphatic rings. The third kappa shape index (κ3) is 5.61. The fraction of sp³-hybridized carbons (Fsp3) is 0.273. The molecule has 3 aromatic heterocycles. The van der Waals surface area contributed by atoms with Gasteiger partial charge in [0.1, 0.15) is 23.0 Å². The fourth-order valence-electron chi connectivity index (χ4n) is 2.91. The third-order valence-corrected chi connectivity index (χ3v) is 5.03. The zero-order valence-electron chi connectivity index (χ0n) is 18.8. The number of aryl methyl sites for hydroxylation is 1. The van der Waals surface area contributed by atoms with E-state index in [1.807, 2.05) is 32.0 Å². The molecule has 0 unspecified atom stereocenters. The van der Waals surface area contributed by atoms with Crippen LogP contribution in [0.3, 0.4) is 0 Å². The molecule has 11 heteroatoms. The molecule has 0 atom stereocenters. The van der Waals surface area contributed by atoms with Crippen LogP contribution in [0.1, 0.15) is 19.7 Å². The minimum Gasteiger partial charge on any atom is -0.494 e. The first-order valence-corrected chi connectivity index (χ1v) is 11.2. The zero-order chi connectivity index (χ0) is 23.6. The van der Waals surface area contributed by atoms with Crippen molar-refractivity contribution in [2.24, 2.45) is 0 Å². The summed E-state index contributed by atoms with van der Waals surface area (Å²) in [7, 11) is 3.17. The van der Waals surface area contributed by atoms with E-state index in [2.05, 4.69) is 24.9 Å². The molecule has 9 nitrogen and oxygen atoms in total.